The minimum absolute atomic E-state index is 0.268. The highest BCUT2D eigenvalue weighted by Gasteiger charge is 2.48. The summed E-state index contributed by atoms with van der Waals surface area (Å²) in [4.78, 5) is 4.36. The van der Waals surface area contributed by atoms with Crippen molar-refractivity contribution in [2.24, 2.45) is 0 Å². The van der Waals surface area contributed by atoms with Gasteiger partial charge in [0.1, 0.15) is 25.0 Å². The molecule has 0 aromatic carbocycles. The Labute approximate surface area is 148 Å². The lowest BCUT2D eigenvalue weighted by Crippen LogP contribution is -2.35. The fraction of sp³-hybridized carbons (Fsp3) is 0.706. The second-order valence-electron chi connectivity index (χ2n) is 7.88. The normalized spacial score (nSPS) is 29.1. The van der Waals surface area contributed by atoms with Crippen molar-refractivity contribution in [3.63, 3.8) is 0 Å². The van der Waals surface area contributed by atoms with E-state index >= 15 is 0 Å². The molecular formula is C17H28N2O5Si. The summed E-state index contributed by atoms with van der Waals surface area (Å²) in [5, 5.41) is 11.1. The van der Waals surface area contributed by atoms with E-state index in [4.69, 9.17) is 18.9 Å². The van der Waals surface area contributed by atoms with Gasteiger partial charge in [-0.1, -0.05) is 32.8 Å². The summed E-state index contributed by atoms with van der Waals surface area (Å²) in [6, 6.07) is 1.50. The van der Waals surface area contributed by atoms with Crippen LogP contribution in [0.5, 0.6) is 6.01 Å². The Balaban J connectivity index is 1.65. The van der Waals surface area contributed by atoms with Crippen LogP contribution in [0.4, 0.5) is 0 Å². The first kappa shape index (κ1) is 18.6. The minimum atomic E-state index is -1.13. The Bertz CT molecular complexity index is 701. The molecule has 4 atom stereocenters. The number of rotatable bonds is 7. The first-order valence-corrected chi connectivity index (χ1v) is 12.4. The molecule has 2 saturated heterocycles. The van der Waals surface area contributed by atoms with Crippen LogP contribution in [-0.2, 0) is 20.9 Å². The molecule has 140 valence electrons. The third-order valence-corrected chi connectivity index (χ3v) is 6.28. The number of aliphatic hydroxyl groups excluding tert-OH is 1. The minimum Gasteiger partial charge on any atom is -0.456 e. The number of fused-ring (bicyclic) bond motifs is 1. The van der Waals surface area contributed by atoms with Crippen molar-refractivity contribution in [3.05, 3.63) is 10.7 Å². The second-order valence-corrected chi connectivity index (χ2v) is 13.5. The zero-order valence-corrected chi connectivity index (χ0v) is 16.2. The quantitative estimate of drug-likeness (QED) is 0.536. The highest BCUT2D eigenvalue weighted by molar-refractivity contribution is 6.76. The fourth-order valence-corrected chi connectivity index (χ4v) is 3.71. The van der Waals surface area contributed by atoms with Crippen LogP contribution < -0.4 is 15.4 Å². The van der Waals surface area contributed by atoms with E-state index in [1.54, 1.807) is 4.57 Å². The SMILES string of the molecule is C=c1nc(OC2COC3C(O)COC23)n(COCC[Si](C)(C)C)c1=C. The molecule has 2 aliphatic rings. The zero-order chi connectivity index (χ0) is 18.2. The highest BCUT2D eigenvalue weighted by atomic mass is 28.3. The molecule has 0 radical (unpaired) electrons. The molecule has 7 nitrogen and oxygen atoms in total. The van der Waals surface area contributed by atoms with Crippen LogP contribution in [-0.4, -0.2) is 67.0 Å². The van der Waals surface area contributed by atoms with E-state index in [0.717, 1.165) is 6.04 Å². The fourth-order valence-electron chi connectivity index (χ4n) is 2.95. The average molecular weight is 369 g/mol. The van der Waals surface area contributed by atoms with Gasteiger partial charge in [-0.05, 0) is 6.04 Å². The van der Waals surface area contributed by atoms with E-state index in [2.05, 4.69) is 37.8 Å². The summed E-state index contributed by atoms with van der Waals surface area (Å²) in [5.41, 5.74) is 0. The van der Waals surface area contributed by atoms with Gasteiger partial charge in [0, 0.05) is 14.7 Å². The topological polar surface area (TPSA) is 75.0 Å². The van der Waals surface area contributed by atoms with Crippen molar-refractivity contribution in [2.45, 2.75) is 56.8 Å². The van der Waals surface area contributed by atoms with Crippen molar-refractivity contribution in [2.75, 3.05) is 19.8 Å². The van der Waals surface area contributed by atoms with Crippen molar-refractivity contribution in [3.8, 4) is 6.01 Å². The van der Waals surface area contributed by atoms with Gasteiger partial charge in [-0.2, -0.15) is 4.98 Å². The Morgan fingerprint density at radius 3 is 2.68 bits per heavy atom. The molecule has 25 heavy (non-hydrogen) atoms. The maximum Gasteiger partial charge on any atom is 0.299 e. The third kappa shape index (κ3) is 4.14. The van der Waals surface area contributed by atoms with Crippen molar-refractivity contribution >= 4 is 21.2 Å². The molecule has 0 amide bonds. The van der Waals surface area contributed by atoms with Crippen LogP contribution in [0.25, 0.3) is 13.2 Å². The summed E-state index contributed by atoms with van der Waals surface area (Å²) < 4.78 is 24.8. The molecule has 2 aliphatic heterocycles. The van der Waals surface area contributed by atoms with Gasteiger partial charge < -0.3 is 24.1 Å². The lowest BCUT2D eigenvalue weighted by molar-refractivity contribution is 0.00284. The van der Waals surface area contributed by atoms with E-state index in [1.165, 1.54) is 0 Å². The van der Waals surface area contributed by atoms with Gasteiger partial charge in [-0.15, -0.1) is 0 Å². The van der Waals surface area contributed by atoms with Crippen LogP contribution >= 0.6 is 0 Å². The Hall–Kier alpha value is -1.19. The standard InChI is InChI=1S/C17H28N2O5Si/c1-11-12(2)19(10-21-6-7-25(3,4)5)17(18-11)24-14-9-23-15-13(20)8-22-16(14)15/h13-16,20H,1-2,6-10H2,3-5H3. The molecule has 2 fully saturated rings. The molecule has 1 aromatic heterocycles. The van der Waals surface area contributed by atoms with Gasteiger partial charge in [0.05, 0.1) is 23.9 Å². The predicted molar refractivity (Wildman–Crippen MR) is 96.5 cm³/mol. The van der Waals surface area contributed by atoms with Crippen molar-refractivity contribution in [1.29, 1.82) is 0 Å². The summed E-state index contributed by atoms with van der Waals surface area (Å²) in [6.07, 6.45) is -1.53. The van der Waals surface area contributed by atoms with Gasteiger partial charge in [0.25, 0.3) is 6.01 Å². The highest BCUT2D eigenvalue weighted by Crippen LogP contribution is 2.29. The first-order valence-electron chi connectivity index (χ1n) is 8.66. The summed E-state index contributed by atoms with van der Waals surface area (Å²) in [7, 11) is -1.13. The number of nitrogens with zero attached hydrogens (tertiary/aromatic N) is 2. The Morgan fingerprint density at radius 1 is 1.24 bits per heavy atom. The predicted octanol–water partition coefficient (Wildman–Crippen LogP) is -0.0781. The number of aromatic nitrogens is 2. The lowest BCUT2D eigenvalue weighted by atomic mass is 10.1. The van der Waals surface area contributed by atoms with Gasteiger partial charge in [0.15, 0.2) is 6.10 Å². The average Bonchev–Trinajstić information content (AvgIpc) is 3.16. The molecule has 0 aliphatic carbocycles. The maximum atomic E-state index is 9.83. The molecule has 3 heterocycles. The maximum absolute atomic E-state index is 9.83. The van der Waals surface area contributed by atoms with Gasteiger partial charge in [-0.3, -0.25) is 4.57 Å². The molecule has 8 heteroatoms. The molecule has 3 rings (SSSR count). The van der Waals surface area contributed by atoms with Gasteiger partial charge >= 0.3 is 0 Å². The molecule has 0 spiro atoms. The Kier molecular flexibility index (Phi) is 5.36. The first-order chi connectivity index (χ1) is 11.8. The third-order valence-electron chi connectivity index (χ3n) is 4.58. The van der Waals surface area contributed by atoms with E-state index in [-0.39, 0.29) is 24.9 Å². The smallest absolute Gasteiger partial charge is 0.299 e. The van der Waals surface area contributed by atoms with Crippen molar-refractivity contribution in [1.82, 2.24) is 9.55 Å². The van der Waals surface area contributed by atoms with E-state index < -0.39 is 14.2 Å². The number of ether oxygens (including phenoxy) is 4. The summed E-state index contributed by atoms with van der Waals surface area (Å²) >= 11 is 0. The van der Waals surface area contributed by atoms with Crippen LogP contribution in [0.1, 0.15) is 0 Å². The van der Waals surface area contributed by atoms with Crippen LogP contribution in [0.3, 0.4) is 0 Å². The van der Waals surface area contributed by atoms with Crippen LogP contribution in [0.2, 0.25) is 25.7 Å². The lowest BCUT2D eigenvalue weighted by Gasteiger charge is -2.19. The molecule has 4 unspecified atom stereocenters. The Morgan fingerprint density at radius 2 is 1.96 bits per heavy atom. The van der Waals surface area contributed by atoms with Gasteiger partial charge in [-0.25, -0.2) is 0 Å². The summed E-state index contributed by atoms with van der Waals surface area (Å²) in [5.74, 6) is 0. The van der Waals surface area contributed by atoms with Crippen LogP contribution in [0.15, 0.2) is 0 Å². The molecule has 1 N–H and O–H groups in total. The monoisotopic (exact) mass is 368 g/mol. The van der Waals surface area contributed by atoms with Crippen molar-refractivity contribution < 1.29 is 24.1 Å². The largest absolute Gasteiger partial charge is 0.456 e. The molecule has 1 aromatic rings. The molecular weight excluding hydrogens is 340 g/mol. The van der Waals surface area contributed by atoms with Crippen LogP contribution in [0, 0.1) is 0 Å². The van der Waals surface area contributed by atoms with E-state index in [0.29, 0.717) is 36.7 Å². The number of hydrogen-bond acceptors (Lipinski definition) is 6. The summed E-state index contributed by atoms with van der Waals surface area (Å²) in [6.45, 7) is 16.5. The molecule has 0 bridgehead atoms. The second kappa shape index (κ2) is 7.20. The zero-order valence-electron chi connectivity index (χ0n) is 15.2. The number of imidazole rings is 1. The molecule has 0 saturated carbocycles. The van der Waals surface area contributed by atoms with E-state index in [1.807, 2.05) is 0 Å². The van der Waals surface area contributed by atoms with Gasteiger partial charge in [0.2, 0.25) is 0 Å². The number of aliphatic hydroxyl groups is 1. The van der Waals surface area contributed by atoms with E-state index in [9.17, 15) is 5.11 Å². The number of hydrogen-bond donors (Lipinski definition) is 1.